The van der Waals surface area contributed by atoms with Gasteiger partial charge in [0.05, 0.1) is 0 Å². The number of allylic oxidation sites excluding steroid dienone is 1. The summed E-state index contributed by atoms with van der Waals surface area (Å²) in [5.41, 5.74) is 0. The third kappa shape index (κ3) is 1.20. The van der Waals surface area contributed by atoms with E-state index < -0.39 is 0 Å². The Morgan fingerprint density at radius 3 is 2.67 bits per heavy atom. The topological polar surface area (TPSA) is 12.0 Å². The van der Waals surface area contributed by atoms with Gasteiger partial charge >= 0.3 is 0 Å². The van der Waals surface area contributed by atoms with Crippen LogP contribution in [-0.4, -0.2) is 12.6 Å². The molecule has 2 saturated carbocycles. The summed E-state index contributed by atoms with van der Waals surface area (Å²) in [7, 11) is 0. The summed E-state index contributed by atoms with van der Waals surface area (Å²) in [6, 6.07) is 0.834. The lowest BCUT2D eigenvalue weighted by Gasteiger charge is -2.19. The third-order valence-electron chi connectivity index (χ3n) is 3.64. The number of hydrogen-bond acceptors (Lipinski definition) is 1. The average molecular weight is 163 g/mol. The SMILES string of the molecule is C1=C[C@H]2C[C@@H]1CC2NCC1CC1. The summed E-state index contributed by atoms with van der Waals surface area (Å²) in [5.74, 6) is 2.84. The maximum absolute atomic E-state index is 3.72. The van der Waals surface area contributed by atoms with Crippen molar-refractivity contribution in [1.82, 2.24) is 5.32 Å². The molecule has 0 aliphatic heterocycles. The Kier molecular flexibility index (Phi) is 1.54. The lowest BCUT2D eigenvalue weighted by Crippen LogP contribution is -2.33. The summed E-state index contributed by atoms with van der Waals surface area (Å²) < 4.78 is 0. The Morgan fingerprint density at radius 2 is 2.08 bits per heavy atom. The monoisotopic (exact) mass is 163 g/mol. The summed E-state index contributed by atoms with van der Waals surface area (Å²) in [6.45, 7) is 1.29. The molecule has 1 nitrogen and oxygen atoms in total. The van der Waals surface area contributed by atoms with Crippen LogP contribution in [0.2, 0.25) is 0 Å². The molecule has 2 bridgehead atoms. The molecule has 0 spiro atoms. The molecule has 0 saturated heterocycles. The van der Waals surface area contributed by atoms with Crippen LogP contribution in [0.25, 0.3) is 0 Å². The lowest BCUT2D eigenvalue weighted by atomic mass is 10.0. The van der Waals surface area contributed by atoms with Gasteiger partial charge in [0.25, 0.3) is 0 Å². The van der Waals surface area contributed by atoms with E-state index in [2.05, 4.69) is 17.5 Å². The fourth-order valence-electron chi connectivity index (χ4n) is 2.66. The van der Waals surface area contributed by atoms with Gasteiger partial charge in [0.2, 0.25) is 0 Å². The second kappa shape index (κ2) is 2.59. The van der Waals surface area contributed by atoms with Crippen LogP contribution < -0.4 is 5.32 Å². The van der Waals surface area contributed by atoms with Crippen molar-refractivity contribution in [3.63, 3.8) is 0 Å². The lowest BCUT2D eigenvalue weighted by molar-refractivity contribution is 0.441. The van der Waals surface area contributed by atoms with Crippen molar-refractivity contribution in [3.8, 4) is 0 Å². The van der Waals surface area contributed by atoms with E-state index in [-0.39, 0.29) is 0 Å². The first-order valence-electron chi connectivity index (χ1n) is 5.33. The summed E-state index contributed by atoms with van der Waals surface area (Å²) in [4.78, 5) is 0. The van der Waals surface area contributed by atoms with Crippen molar-refractivity contribution in [2.75, 3.05) is 6.54 Å². The number of nitrogens with one attached hydrogen (secondary N) is 1. The highest BCUT2D eigenvalue weighted by molar-refractivity contribution is 5.12. The van der Waals surface area contributed by atoms with Crippen LogP contribution >= 0.6 is 0 Å². The van der Waals surface area contributed by atoms with E-state index in [0.29, 0.717) is 0 Å². The summed E-state index contributed by atoms with van der Waals surface area (Å²) in [5, 5.41) is 3.72. The van der Waals surface area contributed by atoms with Crippen LogP contribution in [0.5, 0.6) is 0 Å². The molecule has 3 atom stereocenters. The standard InChI is InChI=1S/C11H17N/c1-2-8(1)7-12-11-6-9-3-4-10(11)5-9/h3-4,8-12H,1-2,5-7H2/t9-,10+,11?/m1/s1. The van der Waals surface area contributed by atoms with Gasteiger partial charge in [-0.1, -0.05) is 12.2 Å². The molecule has 0 heterocycles. The molecule has 3 aliphatic rings. The van der Waals surface area contributed by atoms with Crippen LogP contribution in [-0.2, 0) is 0 Å². The van der Waals surface area contributed by atoms with Gasteiger partial charge in [-0.05, 0) is 50.0 Å². The zero-order valence-electron chi connectivity index (χ0n) is 7.50. The largest absolute Gasteiger partial charge is 0.313 e. The normalized spacial score (nSPS) is 44.2. The minimum absolute atomic E-state index is 0.834. The molecule has 0 aromatic carbocycles. The fraction of sp³-hybridized carbons (Fsp3) is 0.818. The molecule has 1 heteroatoms. The number of fused-ring (bicyclic) bond motifs is 2. The maximum atomic E-state index is 3.72. The van der Waals surface area contributed by atoms with Crippen LogP contribution in [0.4, 0.5) is 0 Å². The van der Waals surface area contributed by atoms with Crippen molar-refractivity contribution in [2.24, 2.45) is 17.8 Å². The van der Waals surface area contributed by atoms with Gasteiger partial charge in [0.1, 0.15) is 0 Å². The van der Waals surface area contributed by atoms with E-state index >= 15 is 0 Å². The highest BCUT2D eigenvalue weighted by atomic mass is 14.9. The molecule has 12 heavy (non-hydrogen) atoms. The molecule has 2 fully saturated rings. The minimum Gasteiger partial charge on any atom is -0.313 e. The van der Waals surface area contributed by atoms with Crippen LogP contribution in [0, 0.1) is 17.8 Å². The molecule has 1 unspecified atom stereocenters. The molecule has 66 valence electrons. The molecule has 3 rings (SSSR count). The van der Waals surface area contributed by atoms with Gasteiger partial charge in [-0.25, -0.2) is 0 Å². The highest BCUT2D eigenvalue weighted by Gasteiger charge is 2.35. The van der Waals surface area contributed by atoms with Crippen molar-refractivity contribution >= 4 is 0 Å². The Balaban J connectivity index is 1.53. The van der Waals surface area contributed by atoms with Crippen molar-refractivity contribution < 1.29 is 0 Å². The number of rotatable bonds is 3. The molecule has 3 aliphatic carbocycles. The van der Waals surface area contributed by atoms with E-state index in [4.69, 9.17) is 0 Å². The molecular weight excluding hydrogens is 146 g/mol. The van der Waals surface area contributed by atoms with Gasteiger partial charge in [-0.3, -0.25) is 0 Å². The van der Waals surface area contributed by atoms with Gasteiger partial charge in [-0.15, -0.1) is 0 Å². The number of hydrogen-bond donors (Lipinski definition) is 1. The predicted octanol–water partition coefficient (Wildman–Crippen LogP) is 1.95. The van der Waals surface area contributed by atoms with Crippen molar-refractivity contribution in [3.05, 3.63) is 12.2 Å². The fourth-order valence-corrected chi connectivity index (χ4v) is 2.66. The zero-order chi connectivity index (χ0) is 7.97. The predicted molar refractivity (Wildman–Crippen MR) is 49.9 cm³/mol. The van der Waals surface area contributed by atoms with E-state index in [1.807, 2.05) is 0 Å². The van der Waals surface area contributed by atoms with Gasteiger partial charge in [0.15, 0.2) is 0 Å². The molecule has 0 radical (unpaired) electrons. The van der Waals surface area contributed by atoms with Gasteiger partial charge < -0.3 is 5.32 Å². The van der Waals surface area contributed by atoms with E-state index in [1.165, 1.54) is 32.2 Å². The minimum atomic E-state index is 0.834. The van der Waals surface area contributed by atoms with E-state index in [1.54, 1.807) is 0 Å². The van der Waals surface area contributed by atoms with Gasteiger partial charge in [0, 0.05) is 6.04 Å². The summed E-state index contributed by atoms with van der Waals surface area (Å²) >= 11 is 0. The first-order valence-corrected chi connectivity index (χ1v) is 5.33. The van der Waals surface area contributed by atoms with Crippen LogP contribution in [0.3, 0.4) is 0 Å². The zero-order valence-corrected chi connectivity index (χ0v) is 7.50. The Labute approximate surface area is 74.2 Å². The van der Waals surface area contributed by atoms with Gasteiger partial charge in [-0.2, -0.15) is 0 Å². The average Bonchev–Trinajstić information content (AvgIpc) is 2.69. The molecule has 0 aromatic rings. The van der Waals surface area contributed by atoms with Crippen molar-refractivity contribution in [1.29, 1.82) is 0 Å². The summed E-state index contributed by atoms with van der Waals surface area (Å²) in [6.07, 6.45) is 10.6. The Bertz CT molecular complexity index is 205. The first-order chi connectivity index (χ1) is 5.92. The Morgan fingerprint density at radius 1 is 1.17 bits per heavy atom. The maximum Gasteiger partial charge on any atom is 0.0136 e. The second-order valence-electron chi connectivity index (χ2n) is 4.74. The first kappa shape index (κ1) is 7.14. The van der Waals surface area contributed by atoms with E-state index in [0.717, 1.165) is 23.8 Å². The van der Waals surface area contributed by atoms with Crippen LogP contribution in [0.15, 0.2) is 12.2 Å². The Hall–Kier alpha value is -0.300. The second-order valence-corrected chi connectivity index (χ2v) is 4.74. The van der Waals surface area contributed by atoms with Crippen molar-refractivity contribution in [2.45, 2.75) is 31.7 Å². The third-order valence-corrected chi connectivity index (χ3v) is 3.64. The molecule has 1 N–H and O–H groups in total. The quantitative estimate of drug-likeness (QED) is 0.627. The molecule has 0 amide bonds. The molecular formula is C11H17N. The van der Waals surface area contributed by atoms with Crippen LogP contribution in [0.1, 0.15) is 25.7 Å². The molecule has 0 aromatic heterocycles. The van der Waals surface area contributed by atoms with E-state index in [9.17, 15) is 0 Å². The smallest absolute Gasteiger partial charge is 0.0136 e. The highest BCUT2D eigenvalue weighted by Crippen LogP contribution is 2.39.